The molecule has 1 unspecified atom stereocenters. The number of piperidine rings is 1. The van der Waals surface area contributed by atoms with Crippen LogP contribution in [0.2, 0.25) is 0 Å². The minimum absolute atomic E-state index is 0.0987. The predicted octanol–water partition coefficient (Wildman–Crippen LogP) is 2.97. The third kappa shape index (κ3) is 3.26. The molecule has 3 rings (SSSR count). The minimum Gasteiger partial charge on any atom is -0.385 e. The van der Waals surface area contributed by atoms with Gasteiger partial charge in [0.2, 0.25) is 0 Å². The van der Waals surface area contributed by atoms with Crippen molar-refractivity contribution in [3.8, 4) is 6.07 Å². The molecule has 1 atom stereocenters. The van der Waals surface area contributed by atoms with E-state index >= 15 is 0 Å². The van der Waals surface area contributed by atoms with Crippen LogP contribution in [0.25, 0.3) is 0 Å². The zero-order chi connectivity index (χ0) is 15.4. The molecule has 0 amide bonds. The number of nitrogens with zero attached hydrogens (tertiary/aromatic N) is 2. The topological polar surface area (TPSA) is 45.5 Å². The molecule has 1 aromatic rings. The Morgan fingerprint density at radius 2 is 2.05 bits per heavy atom. The molecule has 0 saturated carbocycles. The first-order chi connectivity index (χ1) is 10.7. The molecule has 22 heavy (non-hydrogen) atoms. The van der Waals surface area contributed by atoms with E-state index in [2.05, 4.69) is 11.0 Å². The van der Waals surface area contributed by atoms with Gasteiger partial charge in [0.1, 0.15) is 0 Å². The number of anilines is 1. The first-order valence-corrected chi connectivity index (χ1v) is 8.13. The number of nitriles is 1. The van der Waals surface area contributed by atoms with Gasteiger partial charge in [0.05, 0.1) is 23.8 Å². The fourth-order valence-electron chi connectivity index (χ4n) is 3.68. The molecular weight excluding hydrogens is 276 g/mol. The van der Waals surface area contributed by atoms with Crippen molar-refractivity contribution in [1.29, 1.82) is 5.26 Å². The van der Waals surface area contributed by atoms with Gasteiger partial charge in [-0.2, -0.15) is 5.26 Å². The highest BCUT2D eigenvalue weighted by atomic mass is 16.5. The van der Waals surface area contributed by atoms with Crippen LogP contribution in [0.4, 0.5) is 5.69 Å². The summed E-state index contributed by atoms with van der Waals surface area (Å²) in [5, 5.41) is 8.88. The van der Waals surface area contributed by atoms with Crippen LogP contribution in [-0.2, 0) is 9.47 Å². The lowest BCUT2D eigenvalue weighted by Gasteiger charge is -2.40. The molecule has 2 heterocycles. The van der Waals surface area contributed by atoms with Crippen LogP contribution in [0.3, 0.4) is 0 Å². The maximum atomic E-state index is 8.88. The third-order valence-electron chi connectivity index (χ3n) is 5.05. The zero-order valence-electron chi connectivity index (χ0n) is 13.3. The van der Waals surface area contributed by atoms with Crippen molar-refractivity contribution in [3.05, 3.63) is 29.8 Å². The predicted molar refractivity (Wildman–Crippen MR) is 85.9 cm³/mol. The van der Waals surface area contributed by atoms with Crippen LogP contribution in [0, 0.1) is 17.2 Å². The van der Waals surface area contributed by atoms with Crippen molar-refractivity contribution in [2.75, 3.05) is 38.3 Å². The lowest BCUT2D eigenvalue weighted by atomic mass is 9.84. The molecular formula is C18H24N2O2. The molecule has 0 aliphatic carbocycles. The second-order valence-corrected chi connectivity index (χ2v) is 6.49. The quantitative estimate of drug-likeness (QED) is 0.857. The van der Waals surface area contributed by atoms with Crippen molar-refractivity contribution in [2.45, 2.75) is 31.3 Å². The zero-order valence-corrected chi connectivity index (χ0v) is 13.3. The smallest absolute Gasteiger partial charge is 0.0991 e. The highest BCUT2D eigenvalue weighted by molar-refractivity contribution is 5.50. The SMILES string of the molecule is COCCC1COC2(CCN(c3ccc(C#N)cc3)CC2)C1. The van der Waals surface area contributed by atoms with Crippen molar-refractivity contribution in [3.63, 3.8) is 0 Å². The van der Waals surface area contributed by atoms with E-state index in [1.54, 1.807) is 7.11 Å². The summed E-state index contributed by atoms with van der Waals surface area (Å²) in [5.74, 6) is 0.654. The van der Waals surface area contributed by atoms with Crippen LogP contribution in [-0.4, -0.2) is 39.0 Å². The molecule has 2 aliphatic rings. The van der Waals surface area contributed by atoms with E-state index in [1.807, 2.05) is 24.3 Å². The molecule has 1 spiro atoms. The second kappa shape index (κ2) is 6.68. The third-order valence-corrected chi connectivity index (χ3v) is 5.05. The molecule has 0 N–H and O–H groups in total. The summed E-state index contributed by atoms with van der Waals surface area (Å²) in [6.45, 7) is 3.79. The molecule has 2 aliphatic heterocycles. The van der Waals surface area contributed by atoms with Gasteiger partial charge in [-0.15, -0.1) is 0 Å². The molecule has 1 aromatic carbocycles. The molecule has 2 saturated heterocycles. The van der Waals surface area contributed by atoms with Gasteiger partial charge in [-0.25, -0.2) is 0 Å². The number of ether oxygens (including phenoxy) is 2. The van der Waals surface area contributed by atoms with E-state index in [1.165, 1.54) is 12.1 Å². The van der Waals surface area contributed by atoms with E-state index in [9.17, 15) is 0 Å². The van der Waals surface area contributed by atoms with Gasteiger partial charge in [-0.05, 0) is 55.9 Å². The normalized spacial score (nSPS) is 23.6. The lowest BCUT2D eigenvalue weighted by Crippen LogP contribution is -2.44. The molecule has 0 aromatic heterocycles. The minimum atomic E-state index is 0.0987. The highest BCUT2D eigenvalue weighted by Gasteiger charge is 2.42. The highest BCUT2D eigenvalue weighted by Crippen LogP contribution is 2.40. The van der Waals surface area contributed by atoms with Gasteiger partial charge in [-0.3, -0.25) is 0 Å². The van der Waals surface area contributed by atoms with Gasteiger partial charge < -0.3 is 14.4 Å². The molecule has 118 valence electrons. The maximum absolute atomic E-state index is 8.88. The Kier molecular flexibility index (Phi) is 4.66. The second-order valence-electron chi connectivity index (χ2n) is 6.49. The first-order valence-electron chi connectivity index (χ1n) is 8.13. The molecule has 0 radical (unpaired) electrons. The number of benzene rings is 1. The number of rotatable bonds is 4. The fraction of sp³-hybridized carbons (Fsp3) is 0.611. The number of hydrogen-bond donors (Lipinski definition) is 0. The Hall–Kier alpha value is -1.57. The maximum Gasteiger partial charge on any atom is 0.0991 e. The Labute approximate surface area is 132 Å². The Bertz CT molecular complexity index is 527. The summed E-state index contributed by atoms with van der Waals surface area (Å²) in [5.41, 5.74) is 2.03. The van der Waals surface area contributed by atoms with Gasteiger partial charge in [0.25, 0.3) is 0 Å². The largest absolute Gasteiger partial charge is 0.385 e. The Morgan fingerprint density at radius 3 is 2.68 bits per heavy atom. The van der Waals surface area contributed by atoms with Crippen molar-refractivity contribution >= 4 is 5.69 Å². The Balaban J connectivity index is 1.55. The summed E-state index contributed by atoms with van der Waals surface area (Å²) in [6.07, 6.45) is 4.47. The van der Waals surface area contributed by atoms with E-state index in [0.717, 1.165) is 51.1 Å². The van der Waals surface area contributed by atoms with Gasteiger partial charge in [0, 0.05) is 32.5 Å². The van der Waals surface area contributed by atoms with Gasteiger partial charge in [-0.1, -0.05) is 0 Å². The molecule has 4 nitrogen and oxygen atoms in total. The lowest BCUT2D eigenvalue weighted by molar-refractivity contribution is -0.0154. The summed E-state index contributed by atoms with van der Waals surface area (Å²) < 4.78 is 11.4. The van der Waals surface area contributed by atoms with Crippen LogP contribution in [0.15, 0.2) is 24.3 Å². The van der Waals surface area contributed by atoms with Crippen LogP contribution >= 0.6 is 0 Å². The van der Waals surface area contributed by atoms with E-state index in [4.69, 9.17) is 14.7 Å². The summed E-state index contributed by atoms with van der Waals surface area (Å²) in [4.78, 5) is 2.40. The fourth-order valence-corrected chi connectivity index (χ4v) is 3.68. The van der Waals surface area contributed by atoms with E-state index in [-0.39, 0.29) is 5.60 Å². The van der Waals surface area contributed by atoms with Gasteiger partial charge >= 0.3 is 0 Å². The van der Waals surface area contributed by atoms with Gasteiger partial charge in [0.15, 0.2) is 0 Å². The molecule has 4 heteroatoms. The van der Waals surface area contributed by atoms with E-state index in [0.29, 0.717) is 5.92 Å². The van der Waals surface area contributed by atoms with Crippen molar-refractivity contribution in [2.24, 2.45) is 5.92 Å². The first kappa shape index (κ1) is 15.3. The summed E-state index contributed by atoms with van der Waals surface area (Å²) in [7, 11) is 1.77. The van der Waals surface area contributed by atoms with Crippen molar-refractivity contribution in [1.82, 2.24) is 0 Å². The van der Waals surface area contributed by atoms with E-state index < -0.39 is 0 Å². The van der Waals surface area contributed by atoms with Crippen molar-refractivity contribution < 1.29 is 9.47 Å². The monoisotopic (exact) mass is 300 g/mol. The average molecular weight is 300 g/mol. The number of hydrogen-bond acceptors (Lipinski definition) is 4. The molecule has 2 fully saturated rings. The standard InChI is InChI=1S/C18H24N2O2/c1-21-11-6-16-12-18(22-14-16)7-9-20(10-8-18)17-4-2-15(13-19)3-5-17/h2-5,16H,6-12,14H2,1H3. The molecule has 0 bridgehead atoms. The number of methoxy groups -OCH3 is 1. The van der Waals surface area contributed by atoms with Crippen LogP contribution in [0.5, 0.6) is 0 Å². The van der Waals surface area contributed by atoms with Crippen LogP contribution < -0.4 is 4.90 Å². The average Bonchev–Trinajstić information content (AvgIpc) is 2.96. The summed E-state index contributed by atoms with van der Waals surface area (Å²) in [6, 6.07) is 10.1. The van der Waals surface area contributed by atoms with Crippen LogP contribution in [0.1, 0.15) is 31.2 Å². The Morgan fingerprint density at radius 1 is 1.32 bits per heavy atom. The summed E-state index contributed by atoms with van der Waals surface area (Å²) >= 11 is 0.